The minimum atomic E-state index is -0.681. The van der Waals surface area contributed by atoms with Gasteiger partial charge in [-0.05, 0) is 30.7 Å². The van der Waals surface area contributed by atoms with Crippen LogP contribution in [0.15, 0.2) is 36.5 Å². The van der Waals surface area contributed by atoms with Gasteiger partial charge in [-0.15, -0.1) is 0 Å². The molecule has 0 fully saturated rings. The van der Waals surface area contributed by atoms with Crippen LogP contribution in [0.2, 0.25) is 5.28 Å². The predicted molar refractivity (Wildman–Crippen MR) is 73.6 cm³/mol. The van der Waals surface area contributed by atoms with Crippen molar-refractivity contribution in [1.82, 2.24) is 15.0 Å². The number of hydrogen-bond donors (Lipinski definition) is 0. The molecule has 6 heteroatoms. The summed E-state index contributed by atoms with van der Waals surface area (Å²) in [4.78, 5) is 11.7. The Morgan fingerprint density at radius 2 is 2.00 bits per heavy atom. The molecule has 0 bridgehead atoms. The molecule has 100 valence electrons. The van der Waals surface area contributed by atoms with Gasteiger partial charge in [0.05, 0.1) is 6.20 Å². The number of ether oxygens (including phenoxy) is 1. The summed E-state index contributed by atoms with van der Waals surface area (Å²) in [5.74, 6) is -0.486. The van der Waals surface area contributed by atoms with Gasteiger partial charge in [-0.1, -0.05) is 18.2 Å². The van der Waals surface area contributed by atoms with E-state index < -0.39 is 5.82 Å². The molecule has 0 atom stereocenters. The summed E-state index contributed by atoms with van der Waals surface area (Å²) in [5, 5.41) is 0.819. The van der Waals surface area contributed by atoms with Gasteiger partial charge in [0.15, 0.2) is 5.75 Å². The molecule has 2 heterocycles. The Labute approximate surface area is 119 Å². The van der Waals surface area contributed by atoms with E-state index in [9.17, 15) is 4.39 Å². The monoisotopic (exact) mass is 289 g/mol. The maximum atomic E-state index is 13.6. The molecular weight excluding hydrogens is 281 g/mol. The first-order chi connectivity index (χ1) is 9.63. The third-order valence-electron chi connectivity index (χ3n) is 2.71. The molecule has 0 saturated carbocycles. The average molecular weight is 290 g/mol. The van der Waals surface area contributed by atoms with Gasteiger partial charge in [-0.2, -0.15) is 9.37 Å². The molecule has 0 aliphatic heterocycles. The molecule has 4 nitrogen and oxygen atoms in total. The zero-order valence-corrected chi connectivity index (χ0v) is 11.2. The van der Waals surface area contributed by atoms with Gasteiger partial charge < -0.3 is 4.74 Å². The van der Waals surface area contributed by atoms with Crippen molar-refractivity contribution in [1.29, 1.82) is 0 Å². The summed E-state index contributed by atoms with van der Waals surface area (Å²) in [6, 6.07) is 9.22. The van der Waals surface area contributed by atoms with Crippen LogP contribution < -0.4 is 4.74 Å². The Balaban J connectivity index is 2.10. The fraction of sp³-hybridized carbons (Fsp3) is 0.0714. The number of para-hydroxylation sites is 1. The van der Waals surface area contributed by atoms with Crippen molar-refractivity contribution < 1.29 is 9.13 Å². The maximum Gasteiger partial charge on any atom is 0.260 e. The number of aromatic nitrogens is 3. The van der Waals surface area contributed by atoms with E-state index in [1.165, 1.54) is 0 Å². The summed E-state index contributed by atoms with van der Waals surface area (Å²) >= 11 is 5.64. The summed E-state index contributed by atoms with van der Waals surface area (Å²) in [6.45, 7) is 1.87. The van der Waals surface area contributed by atoms with Gasteiger partial charge in [-0.25, -0.2) is 9.97 Å². The molecule has 0 unspecified atom stereocenters. The number of nitrogens with zero attached hydrogens (tertiary/aromatic N) is 3. The van der Waals surface area contributed by atoms with Gasteiger partial charge in [0.2, 0.25) is 11.1 Å². The third kappa shape index (κ3) is 2.40. The molecule has 3 rings (SSSR count). The molecule has 1 aromatic carbocycles. The lowest BCUT2D eigenvalue weighted by atomic mass is 10.2. The van der Waals surface area contributed by atoms with E-state index in [0.29, 0.717) is 11.3 Å². The zero-order valence-electron chi connectivity index (χ0n) is 10.5. The van der Waals surface area contributed by atoms with E-state index in [-0.39, 0.29) is 11.2 Å². The second-order valence-corrected chi connectivity index (χ2v) is 4.51. The van der Waals surface area contributed by atoms with E-state index in [0.717, 1.165) is 17.3 Å². The van der Waals surface area contributed by atoms with E-state index in [4.69, 9.17) is 16.3 Å². The molecule has 0 saturated heterocycles. The van der Waals surface area contributed by atoms with Gasteiger partial charge in [0.1, 0.15) is 5.52 Å². The second kappa shape index (κ2) is 5.02. The standard InChI is InChI=1S/C14H9ClFN3O/c1-8-5-6-9-3-2-4-11(12(9)18-8)20-13-10(16)7-17-14(15)19-13/h2-7H,1H3. The Morgan fingerprint density at radius 1 is 1.15 bits per heavy atom. The Hall–Kier alpha value is -2.27. The molecule has 2 aromatic heterocycles. The SMILES string of the molecule is Cc1ccc2cccc(Oc3nc(Cl)ncc3F)c2n1. The molecule has 0 N–H and O–H groups in total. The normalized spacial score (nSPS) is 10.8. The fourth-order valence-electron chi connectivity index (χ4n) is 1.81. The van der Waals surface area contributed by atoms with Crippen LogP contribution >= 0.6 is 11.6 Å². The number of hydrogen-bond acceptors (Lipinski definition) is 4. The lowest BCUT2D eigenvalue weighted by molar-refractivity contribution is 0.423. The molecule has 20 heavy (non-hydrogen) atoms. The number of benzene rings is 1. The molecule has 0 spiro atoms. The highest BCUT2D eigenvalue weighted by Gasteiger charge is 2.11. The van der Waals surface area contributed by atoms with E-state index in [1.54, 1.807) is 12.1 Å². The van der Waals surface area contributed by atoms with E-state index in [1.807, 2.05) is 25.1 Å². The van der Waals surface area contributed by atoms with Crippen molar-refractivity contribution in [2.24, 2.45) is 0 Å². The largest absolute Gasteiger partial charge is 0.434 e. The molecule has 0 amide bonds. The summed E-state index contributed by atoms with van der Waals surface area (Å²) in [7, 11) is 0. The third-order valence-corrected chi connectivity index (χ3v) is 2.89. The van der Waals surface area contributed by atoms with Crippen molar-refractivity contribution in [2.45, 2.75) is 6.92 Å². The fourth-order valence-corrected chi connectivity index (χ4v) is 1.93. The predicted octanol–water partition coefficient (Wildman–Crippen LogP) is 3.92. The van der Waals surface area contributed by atoms with E-state index >= 15 is 0 Å². The Kier molecular flexibility index (Phi) is 3.20. The Bertz CT molecular complexity index is 794. The zero-order chi connectivity index (χ0) is 14.1. The quantitative estimate of drug-likeness (QED) is 0.671. The van der Waals surface area contributed by atoms with Crippen LogP contribution in [0.5, 0.6) is 11.6 Å². The van der Waals surface area contributed by atoms with Gasteiger partial charge in [0.25, 0.3) is 5.88 Å². The minimum Gasteiger partial charge on any atom is -0.434 e. The lowest BCUT2D eigenvalue weighted by Crippen LogP contribution is -1.96. The van der Waals surface area contributed by atoms with E-state index in [2.05, 4.69) is 15.0 Å². The van der Waals surface area contributed by atoms with Crippen LogP contribution in [-0.4, -0.2) is 15.0 Å². The first-order valence-electron chi connectivity index (χ1n) is 5.86. The van der Waals surface area contributed by atoms with Crippen LogP contribution in [0.25, 0.3) is 10.9 Å². The number of pyridine rings is 1. The van der Waals surface area contributed by atoms with Crippen LogP contribution in [0, 0.1) is 12.7 Å². The van der Waals surface area contributed by atoms with Crippen molar-refractivity contribution in [2.75, 3.05) is 0 Å². The highest BCUT2D eigenvalue weighted by Crippen LogP contribution is 2.29. The number of fused-ring (bicyclic) bond motifs is 1. The molecule has 3 aromatic rings. The van der Waals surface area contributed by atoms with Crippen LogP contribution in [-0.2, 0) is 0 Å². The first-order valence-corrected chi connectivity index (χ1v) is 6.23. The number of rotatable bonds is 2. The average Bonchev–Trinajstić information content (AvgIpc) is 2.43. The minimum absolute atomic E-state index is 0.0780. The summed E-state index contributed by atoms with van der Waals surface area (Å²) < 4.78 is 19.1. The smallest absolute Gasteiger partial charge is 0.260 e. The highest BCUT2D eigenvalue weighted by atomic mass is 35.5. The second-order valence-electron chi connectivity index (χ2n) is 4.17. The lowest BCUT2D eigenvalue weighted by Gasteiger charge is -2.08. The van der Waals surface area contributed by atoms with Crippen LogP contribution in [0.4, 0.5) is 4.39 Å². The van der Waals surface area contributed by atoms with Crippen molar-refractivity contribution in [3.05, 3.63) is 53.3 Å². The Morgan fingerprint density at radius 3 is 2.85 bits per heavy atom. The topological polar surface area (TPSA) is 47.9 Å². The summed E-state index contributed by atoms with van der Waals surface area (Å²) in [5.41, 5.74) is 1.48. The van der Waals surface area contributed by atoms with Crippen LogP contribution in [0.1, 0.15) is 5.69 Å². The molecule has 0 aliphatic rings. The van der Waals surface area contributed by atoms with Crippen molar-refractivity contribution >= 4 is 22.5 Å². The molecule has 0 aliphatic carbocycles. The van der Waals surface area contributed by atoms with Gasteiger partial charge >= 0.3 is 0 Å². The number of aryl methyl sites for hydroxylation is 1. The summed E-state index contributed by atoms with van der Waals surface area (Å²) in [6.07, 6.45) is 0.967. The van der Waals surface area contributed by atoms with Gasteiger partial charge in [0, 0.05) is 11.1 Å². The first kappa shape index (κ1) is 12.7. The number of halogens is 2. The van der Waals surface area contributed by atoms with Gasteiger partial charge in [-0.3, -0.25) is 0 Å². The molecular formula is C14H9ClFN3O. The highest BCUT2D eigenvalue weighted by molar-refractivity contribution is 6.28. The maximum absolute atomic E-state index is 13.6. The van der Waals surface area contributed by atoms with Crippen molar-refractivity contribution in [3.63, 3.8) is 0 Å². The molecule has 0 radical (unpaired) electrons. The van der Waals surface area contributed by atoms with Crippen LogP contribution in [0.3, 0.4) is 0 Å². The van der Waals surface area contributed by atoms with Crippen molar-refractivity contribution in [3.8, 4) is 11.6 Å².